The van der Waals surface area contributed by atoms with Gasteiger partial charge in [0.05, 0.1) is 18.3 Å². The Morgan fingerprint density at radius 1 is 1.14 bits per heavy atom. The molecule has 1 aromatic heterocycles. The van der Waals surface area contributed by atoms with Gasteiger partial charge in [0.15, 0.2) is 0 Å². The molecule has 9 N–H and O–H groups in total. The molecule has 0 saturated carbocycles. The van der Waals surface area contributed by atoms with Crippen molar-refractivity contribution in [1.82, 2.24) is 4.98 Å². The minimum Gasteiger partial charge on any atom is -0.497 e. The van der Waals surface area contributed by atoms with Crippen LogP contribution in [0.5, 0.6) is 5.75 Å². The third kappa shape index (κ3) is 16.0. The van der Waals surface area contributed by atoms with E-state index in [9.17, 15) is 0 Å². The molecule has 0 aliphatic heterocycles. The molecule has 2 rings (SSSR count). The van der Waals surface area contributed by atoms with Crippen molar-refractivity contribution in [3.8, 4) is 5.75 Å². The number of rotatable bonds is 6. The molecule has 1 unspecified atom stereocenters. The SMILES string of the molecule is CO[13c]1[13cH][13c](NC(C)CCCN)[13c]2nccc[13c]2[13cH]1.O=P(O)(O)O.O=P(O)(O)O. The van der Waals surface area contributed by atoms with E-state index in [1.807, 2.05) is 30.5 Å². The molecular formula is C15H27N3O9P2. The zero-order valence-corrected chi connectivity index (χ0v) is 17.7. The van der Waals surface area contributed by atoms with Gasteiger partial charge in [-0.15, -0.1) is 0 Å². The number of nitrogens with two attached hydrogens (primary N) is 1. The summed E-state index contributed by atoms with van der Waals surface area (Å²) in [6, 6.07) is 8.33. The molecule has 0 radical (unpaired) electrons. The minimum absolute atomic E-state index is 0.362. The molecule has 2 aromatic rings. The normalized spacial score (nSPS) is 12.2. The second kappa shape index (κ2) is 12.9. The molecular weight excluding hydrogens is 434 g/mol. The molecule has 0 spiro atoms. The Morgan fingerprint density at radius 3 is 2.17 bits per heavy atom. The molecule has 166 valence electrons. The maximum Gasteiger partial charge on any atom is 0.466 e. The van der Waals surface area contributed by atoms with Gasteiger partial charge in [-0.3, -0.25) is 4.98 Å². The van der Waals surface area contributed by atoms with Crippen LogP contribution in [0.4, 0.5) is 5.69 Å². The number of hydrogen-bond donors (Lipinski definition) is 8. The van der Waals surface area contributed by atoms with E-state index in [4.69, 9.17) is 49.0 Å². The van der Waals surface area contributed by atoms with Gasteiger partial charge in [-0.05, 0) is 38.4 Å². The fourth-order valence-electron chi connectivity index (χ4n) is 2.15. The third-order valence-corrected chi connectivity index (χ3v) is 3.16. The maximum atomic E-state index is 8.88. The molecule has 14 heteroatoms. The topological polar surface area (TPSA) is 216 Å². The average Bonchev–Trinajstić information content (AvgIpc) is 2.57. The molecule has 0 aliphatic carbocycles. The van der Waals surface area contributed by atoms with Crippen molar-refractivity contribution in [1.29, 1.82) is 0 Å². The third-order valence-electron chi connectivity index (χ3n) is 3.16. The van der Waals surface area contributed by atoms with Crippen LogP contribution in [0.1, 0.15) is 19.8 Å². The summed E-state index contributed by atoms with van der Waals surface area (Å²) >= 11 is 0. The Balaban J connectivity index is 0.000000653. The molecule has 1 heterocycles. The van der Waals surface area contributed by atoms with Crippen molar-refractivity contribution in [3.63, 3.8) is 0 Å². The van der Waals surface area contributed by atoms with Crippen molar-refractivity contribution >= 4 is 32.2 Å². The monoisotopic (exact) mass is 461 g/mol. The molecule has 0 fully saturated rings. The van der Waals surface area contributed by atoms with Crippen molar-refractivity contribution in [2.75, 3.05) is 19.0 Å². The van der Waals surface area contributed by atoms with E-state index < -0.39 is 15.6 Å². The van der Waals surface area contributed by atoms with Crippen LogP contribution in [0.25, 0.3) is 10.9 Å². The summed E-state index contributed by atoms with van der Waals surface area (Å²) in [4.78, 5) is 47.6. The first-order valence-electron chi connectivity index (χ1n) is 8.20. The van der Waals surface area contributed by atoms with Gasteiger partial charge in [0, 0.05) is 23.7 Å². The smallest absolute Gasteiger partial charge is 0.466 e. The van der Waals surface area contributed by atoms with Crippen LogP contribution in [-0.2, 0) is 9.13 Å². The standard InChI is InChI=1S/C15H21N3O.2H3O4P/c1-11(5-3-7-16)18-14-10-13(19-2)9-12-6-4-8-17-15(12)14;2*1-5(2,3)4/h4,6,8-11,18H,3,5,7,16H2,1-2H3;2*(H3,1,2,3,4)/i9+1,10+1,12+1,13+1,14+1,15+1;;. The van der Waals surface area contributed by atoms with Crippen molar-refractivity contribution in [2.45, 2.75) is 25.8 Å². The van der Waals surface area contributed by atoms with E-state index in [2.05, 4.69) is 17.2 Å². The van der Waals surface area contributed by atoms with Crippen molar-refractivity contribution < 1.29 is 43.2 Å². The maximum absolute atomic E-state index is 8.88. The lowest BCUT2D eigenvalue weighted by atomic mass is 10.2. The number of methoxy groups -OCH3 is 1. The second-order valence-corrected chi connectivity index (χ2v) is 7.81. The molecule has 0 amide bonds. The van der Waals surface area contributed by atoms with Crippen LogP contribution in [0.15, 0.2) is 30.5 Å². The van der Waals surface area contributed by atoms with E-state index in [1.54, 1.807) is 7.11 Å². The first-order chi connectivity index (χ1) is 13.2. The number of benzene rings is 1. The highest BCUT2D eigenvalue weighted by Crippen LogP contribution is 2.28. The van der Waals surface area contributed by atoms with Crippen molar-refractivity contribution in [3.05, 3.63) is 30.5 Å². The van der Waals surface area contributed by atoms with Gasteiger partial charge >= 0.3 is 15.6 Å². The lowest BCUT2D eigenvalue weighted by molar-refractivity contribution is 0.272. The zero-order chi connectivity index (χ0) is 22.7. The highest BCUT2D eigenvalue weighted by molar-refractivity contribution is 7.45. The van der Waals surface area contributed by atoms with Gasteiger partial charge in [0.2, 0.25) is 0 Å². The quantitative estimate of drug-likeness (QED) is 0.282. The summed E-state index contributed by atoms with van der Waals surface area (Å²) in [7, 11) is -7.60. The van der Waals surface area contributed by atoms with Gasteiger partial charge in [0.25, 0.3) is 0 Å². The largest absolute Gasteiger partial charge is 0.497 e. The van der Waals surface area contributed by atoms with Crippen LogP contribution < -0.4 is 15.8 Å². The number of aromatic nitrogens is 1. The summed E-state index contributed by atoms with van der Waals surface area (Å²) in [5.41, 5.74) is 7.53. The second-order valence-electron chi connectivity index (χ2n) is 5.75. The lowest BCUT2D eigenvalue weighted by Crippen LogP contribution is -2.17. The lowest BCUT2D eigenvalue weighted by Gasteiger charge is -2.17. The number of pyridine rings is 1. The van der Waals surface area contributed by atoms with Crippen LogP contribution in [0, 0.1) is 0 Å². The predicted molar refractivity (Wildman–Crippen MR) is 108 cm³/mol. The fourth-order valence-corrected chi connectivity index (χ4v) is 2.15. The van der Waals surface area contributed by atoms with Crippen molar-refractivity contribution in [2.24, 2.45) is 5.73 Å². The van der Waals surface area contributed by atoms with Gasteiger partial charge < -0.3 is 45.1 Å². The summed E-state index contributed by atoms with van der Waals surface area (Å²) < 4.78 is 23.1. The number of fused-ring (bicyclic) bond motifs is 1. The van der Waals surface area contributed by atoms with E-state index in [0.29, 0.717) is 6.04 Å². The van der Waals surface area contributed by atoms with Gasteiger partial charge in [-0.1, -0.05) is 6.07 Å². The van der Waals surface area contributed by atoms with Crippen LogP contribution in [-0.4, -0.2) is 54.0 Å². The number of ether oxygens (including phenoxy) is 1. The summed E-state index contributed by atoms with van der Waals surface area (Å²) in [6.07, 6.45) is 3.87. The number of anilines is 1. The molecule has 12 nitrogen and oxygen atoms in total. The Hall–Kier alpha value is -1.59. The van der Waals surface area contributed by atoms with Crippen LogP contribution in [0.2, 0.25) is 0 Å². The minimum atomic E-state index is -4.64. The summed E-state index contributed by atoms with van der Waals surface area (Å²) in [5.74, 6) is 0.842. The Labute approximate surface area is 167 Å². The van der Waals surface area contributed by atoms with Crippen LogP contribution in [0.3, 0.4) is 0 Å². The van der Waals surface area contributed by atoms with Crippen LogP contribution >= 0.6 is 15.6 Å². The Morgan fingerprint density at radius 2 is 1.69 bits per heavy atom. The zero-order valence-electron chi connectivity index (χ0n) is 15.9. The highest BCUT2D eigenvalue weighted by atomic mass is 31.2. The Bertz CT molecular complexity index is 804. The molecule has 0 aliphatic rings. The highest BCUT2D eigenvalue weighted by Gasteiger charge is 2.08. The van der Waals surface area contributed by atoms with E-state index >= 15 is 0 Å². The van der Waals surface area contributed by atoms with E-state index in [1.165, 1.54) is 0 Å². The molecule has 29 heavy (non-hydrogen) atoms. The van der Waals surface area contributed by atoms with E-state index in [0.717, 1.165) is 41.7 Å². The summed E-state index contributed by atoms with van der Waals surface area (Å²) in [5, 5.41) is 4.58. The summed E-state index contributed by atoms with van der Waals surface area (Å²) in [6.45, 7) is 2.88. The predicted octanol–water partition coefficient (Wildman–Crippen LogP) is 0.926. The average molecular weight is 461 g/mol. The number of nitrogens with one attached hydrogen (secondary N) is 1. The van der Waals surface area contributed by atoms with Gasteiger partial charge in [-0.25, -0.2) is 9.13 Å². The van der Waals surface area contributed by atoms with Gasteiger partial charge in [0.1, 0.15) is 5.75 Å². The van der Waals surface area contributed by atoms with Gasteiger partial charge in [-0.2, -0.15) is 0 Å². The van der Waals surface area contributed by atoms with E-state index in [-0.39, 0.29) is 0 Å². The first-order valence-corrected chi connectivity index (χ1v) is 11.3. The molecule has 1 atom stereocenters. The first kappa shape index (κ1) is 27.4. The number of hydrogen-bond acceptors (Lipinski definition) is 6. The molecule has 0 bridgehead atoms. The fraction of sp³-hybridized carbons (Fsp3) is 0.400. The number of phosphoric acid groups is 2. The Kier molecular flexibility index (Phi) is 12.2. The molecule has 1 aromatic carbocycles. The number of nitrogens with zero attached hydrogens (tertiary/aromatic N) is 1. The molecule has 0 saturated heterocycles.